The van der Waals surface area contributed by atoms with Crippen molar-refractivity contribution >= 4 is 5.69 Å². The van der Waals surface area contributed by atoms with Crippen LogP contribution >= 0.6 is 0 Å². The van der Waals surface area contributed by atoms with Gasteiger partial charge in [0.25, 0.3) is 0 Å². The highest BCUT2D eigenvalue weighted by Gasteiger charge is 2.21. The van der Waals surface area contributed by atoms with E-state index in [4.69, 9.17) is 0 Å². The molecular weight excluding hydrogens is 210 g/mol. The van der Waals surface area contributed by atoms with Gasteiger partial charge in [0.1, 0.15) is 0 Å². The van der Waals surface area contributed by atoms with Crippen molar-refractivity contribution in [1.29, 1.82) is 0 Å². The summed E-state index contributed by atoms with van der Waals surface area (Å²) in [6.07, 6.45) is 1.16. The lowest BCUT2D eigenvalue weighted by atomic mass is 9.97. The van der Waals surface area contributed by atoms with E-state index >= 15 is 0 Å². The first-order chi connectivity index (χ1) is 7.84. The molecule has 17 heavy (non-hydrogen) atoms. The fraction of sp³-hybridized carbons (Fsp3) is 0.600. The Bertz CT molecular complexity index is 337. The third kappa shape index (κ3) is 4.04. The number of hydrogen-bond acceptors (Lipinski definition) is 2. The first-order valence-electron chi connectivity index (χ1n) is 6.43. The summed E-state index contributed by atoms with van der Waals surface area (Å²) >= 11 is 0. The Balaban J connectivity index is 2.69. The summed E-state index contributed by atoms with van der Waals surface area (Å²) in [4.78, 5) is 0. The van der Waals surface area contributed by atoms with Crippen LogP contribution in [-0.2, 0) is 0 Å². The van der Waals surface area contributed by atoms with Crippen LogP contribution in [0.2, 0.25) is 0 Å². The maximum atomic E-state index is 9.87. The second-order valence-electron chi connectivity index (χ2n) is 5.45. The largest absolute Gasteiger partial charge is 0.388 e. The highest BCUT2D eigenvalue weighted by atomic mass is 16.3. The molecule has 0 radical (unpaired) electrons. The van der Waals surface area contributed by atoms with E-state index in [2.05, 4.69) is 43.4 Å². The van der Waals surface area contributed by atoms with Gasteiger partial charge in [-0.25, -0.2) is 0 Å². The zero-order chi connectivity index (χ0) is 13.1. The van der Waals surface area contributed by atoms with Crippen LogP contribution in [0.1, 0.15) is 52.5 Å². The van der Waals surface area contributed by atoms with Crippen LogP contribution in [0.5, 0.6) is 0 Å². The van der Waals surface area contributed by atoms with Crippen LogP contribution in [0.3, 0.4) is 0 Å². The molecule has 2 nitrogen and oxygen atoms in total. The van der Waals surface area contributed by atoms with Gasteiger partial charge < -0.3 is 10.4 Å². The van der Waals surface area contributed by atoms with Crippen molar-refractivity contribution in [2.75, 3.05) is 5.32 Å². The molecule has 0 aromatic heterocycles. The Morgan fingerprint density at radius 2 is 1.71 bits per heavy atom. The molecule has 96 valence electrons. The lowest BCUT2D eigenvalue weighted by Crippen LogP contribution is -2.39. The summed E-state index contributed by atoms with van der Waals surface area (Å²) < 4.78 is 0. The van der Waals surface area contributed by atoms with Gasteiger partial charge in [0.15, 0.2) is 0 Å². The molecule has 0 amide bonds. The third-order valence-corrected chi connectivity index (χ3v) is 3.53. The van der Waals surface area contributed by atoms with E-state index in [-0.39, 0.29) is 6.04 Å². The number of nitrogens with one attached hydrogen (secondary N) is 1. The van der Waals surface area contributed by atoms with Crippen molar-refractivity contribution in [2.45, 2.75) is 58.6 Å². The molecular formula is C15H25NO. The van der Waals surface area contributed by atoms with Crippen LogP contribution in [0.25, 0.3) is 0 Å². The minimum atomic E-state index is -0.713. The fourth-order valence-electron chi connectivity index (χ4n) is 1.57. The van der Waals surface area contributed by atoms with E-state index in [1.807, 2.05) is 20.8 Å². The van der Waals surface area contributed by atoms with Gasteiger partial charge in [0.05, 0.1) is 11.6 Å². The molecule has 2 N–H and O–H groups in total. The van der Waals surface area contributed by atoms with Crippen molar-refractivity contribution < 1.29 is 5.11 Å². The van der Waals surface area contributed by atoms with E-state index in [1.54, 1.807) is 0 Å². The molecule has 0 fully saturated rings. The van der Waals surface area contributed by atoms with E-state index < -0.39 is 5.60 Å². The smallest absolute Gasteiger partial charge is 0.0789 e. The van der Waals surface area contributed by atoms with Crippen molar-refractivity contribution in [2.24, 2.45) is 0 Å². The molecule has 1 aromatic rings. The van der Waals surface area contributed by atoms with Gasteiger partial charge in [-0.05, 0) is 50.8 Å². The summed E-state index contributed by atoms with van der Waals surface area (Å²) in [5, 5.41) is 13.2. The Labute approximate surface area is 105 Å². The topological polar surface area (TPSA) is 32.3 Å². The number of benzene rings is 1. The predicted octanol–water partition coefficient (Wildman–Crippen LogP) is 3.77. The van der Waals surface area contributed by atoms with Gasteiger partial charge in [-0.1, -0.05) is 26.0 Å². The van der Waals surface area contributed by atoms with Crippen LogP contribution in [0, 0.1) is 0 Å². The summed E-state index contributed by atoms with van der Waals surface area (Å²) in [5.74, 6) is 0.607. The van der Waals surface area contributed by atoms with E-state index in [1.165, 1.54) is 5.56 Å². The molecule has 0 heterocycles. The zero-order valence-electron chi connectivity index (χ0n) is 11.6. The third-order valence-electron chi connectivity index (χ3n) is 3.53. The average molecular weight is 235 g/mol. The van der Waals surface area contributed by atoms with Crippen molar-refractivity contribution in [3.8, 4) is 0 Å². The highest BCUT2D eigenvalue weighted by Crippen LogP contribution is 2.22. The molecule has 1 aromatic carbocycles. The molecule has 0 saturated carbocycles. The van der Waals surface area contributed by atoms with Crippen LogP contribution in [0.4, 0.5) is 5.69 Å². The van der Waals surface area contributed by atoms with Crippen molar-refractivity contribution in [1.82, 2.24) is 0 Å². The molecule has 0 spiro atoms. The van der Waals surface area contributed by atoms with Crippen LogP contribution in [-0.4, -0.2) is 16.7 Å². The molecule has 0 aliphatic carbocycles. The number of anilines is 1. The molecule has 0 bridgehead atoms. The summed E-state index contributed by atoms with van der Waals surface area (Å²) in [6, 6.07) is 8.52. The molecule has 0 saturated heterocycles. The van der Waals surface area contributed by atoms with E-state index in [0.29, 0.717) is 5.92 Å². The molecule has 0 aliphatic rings. The van der Waals surface area contributed by atoms with Gasteiger partial charge >= 0.3 is 0 Å². The van der Waals surface area contributed by atoms with Gasteiger partial charge in [0, 0.05) is 5.69 Å². The van der Waals surface area contributed by atoms with Gasteiger partial charge in [-0.15, -0.1) is 0 Å². The van der Waals surface area contributed by atoms with Crippen molar-refractivity contribution in [3.63, 3.8) is 0 Å². The first-order valence-corrected chi connectivity index (χ1v) is 6.43. The zero-order valence-corrected chi connectivity index (χ0v) is 11.6. The quantitative estimate of drug-likeness (QED) is 0.814. The minimum Gasteiger partial charge on any atom is -0.388 e. The highest BCUT2D eigenvalue weighted by molar-refractivity contribution is 5.46. The van der Waals surface area contributed by atoms with Crippen molar-refractivity contribution in [3.05, 3.63) is 29.8 Å². The minimum absolute atomic E-state index is 0.0250. The summed E-state index contributed by atoms with van der Waals surface area (Å²) in [5.41, 5.74) is 1.72. The average Bonchev–Trinajstić information content (AvgIpc) is 2.27. The standard InChI is InChI=1S/C15H25NO/c1-6-11(2)13-7-9-14(10-8-13)16-12(3)15(4,5)17/h7-12,16-17H,6H2,1-5H3. The Hall–Kier alpha value is -1.02. The van der Waals surface area contributed by atoms with Crippen LogP contribution in [0.15, 0.2) is 24.3 Å². The van der Waals surface area contributed by atoms with Gasteiger partial charge in [-0.2, -0.15) is 0 Å². The number of hydrogen-bond donors (Lipinski definition) is 2. The molecule has 1 rings (SSSR count). The molecule has 2 heteroatoms. The second-order valence-corrected chi connectivity index (χ2v) is 5.45. The molecule has 2 atom stereocenters. The summed E-state index contributed by atoms with van der Waals surface area (Å²) in [7, 11) is 0. The number of aliphatic hydroxyl groups is 1. The maximum absolute atomic E-state index is 9.87. The molecule has 0 aliphatic heterocycles. The van der Waals surface area contributed by atoms with Gasteiger partial charge in [-0.3, -0.25) is 0 Å². The Morgan fingerprint density at radius 1 is 1.18 bits per heavy atom. The maximum Gasteiger partial charge on any atom is 0.0789 e. The van der Waals surface area contributed by atoms with Crippen LogP contribution < -0.4 is 5.32 Å². The van der Waals surface area contributed by atoms with E-state index in [9.17, 15) is 5.11 Å². The second kappa shape index (κ2) is 5.54. The normalized spacial score (nSPS) is 15.4. The fourth-order valence-corrected chi connectivity index (χ4v) is 1.57. The number of rotatable bonds is 5. The molecule has 2 unspecified atom stereocenters. The SMILES string of the molecule is CCC(C)c1ccc(NC(C)C(C)(C)O)cc1. The lowest BCUT2D eigenvalue weighted by molar-refractivity contribution is 0.0649. The first kappa shape index (κ1) is 14.0. The van der Waals surface area contributed by atoms with E-state index in [0.717, 1.165) is 12.1 Å². The Morgan fingerprint density at radius 3 is 2.12 bits per heavy atom. The predicted molar refractivity (Wildman–Crippen MR) is 74.5 cm³/mol. The van der Waals surface area contributed by atoms with Gasteiger partial charge in [0.2, 0.25) is 0 Å². The monoisotopic (exact) mass is 235 g/mol. The lowest BCUT2D eigenvalue weighted by Gasteiger charge is -2.27. The summed E-state index contributed by atoms with van der Waals surface area (Å²) in [6.45, 7) is 10.1. The Kier molecular flexibility index (Phi) is 4.58.